The zero-order valence-corrected chi connectivity index (χ0v) is 22.7. The minimum atomic E-state index is -3.56. The fraction of sp³-hybridized carbons (Fsp3) is 0.481. The van der Waals surface area contributed by atoms with Crippen molar-refractivity contribution in [1.29, 1.82) is 0 Å². The summed E-state index contributed by atoms with van der Waals surface area (Å²) in [7, 11) is -1.66. The Morgan fingerprint density at radius 1 is 1.03 bits per heavy atom. The first-order chi connectivity index (χ1) is 16.5. The number of nitrogens with zero attached hydrogens (tertiary/aromatic N) is 3. The van der Waals surface area contributed by atoms with E-state index < -0.39 is 10.0 Å². The molecule has 8 heteroatoms. The van der Waals surface area contributed by atoms with Crippen LogP contribution in [-0.4, -0.2) is 41.3 Å². The maximum absolute atomic E-state index is 13.0. The number of hydrogen-bond donors (Lipinski definition) is 1. The SMILES string of the molecule is CCN(CC)S(=O)(=O)c1ccc2c(c1)nc(CCC(=O)Nc1c(C(C)C)cccc1C(C)C)n2C. The van der Waals surface area contributed by atoms with Crippen molar-refractivity contribution in [1.82, 2.24) is 13.9 Å². The summed E-state index contributed by atoms with van der Waals surface area (Å²) in [5.41, 5.74) is 4.64. The molecule has 0 aliphatic rings. The molecular weight excluding hydrogens is 460 g/mol. The Kier molecular flexibility index (Phi) is 8.38. The van der Waals surface area contributed by atoms with Crippen LogP contribution < -0.4 is 5.32 Å². The molecule has 3 rings (SSSR count). The van der Waals surface area contributed by atoms with Crippen LogP contribution >= 0.6 is 0 Å². The van der Waals surface area contributed by atoms with Gasteiger partial charge in [0.1, 0.15) is 5.82 Å². The molecule has 0 radical (unpaired) electrons. The molecule has 35 heavy (non-hydrogen) atoms. The van der Waals surface area contributed by atoms with E-state index in [2.05, 4.69) is 56.2 Å². The van der Waals surface area contributed by atoms with Crippen LogP contribution in [0.25, 0.3) is 11.0 Å². The second-order valence-corrected chi connectivity index (χ2v) is 11.4. The molecule has 1 heterocycles. The highest BCUT2D eigenvalue weighted by Gasteiger charge is 2.23. The molecule has 7 nitrogen and oxygen atoms in total. The molecule has 0 saturated heterocycles. The van der Waals surface area contributed by atoms with Crippen molar-refractivity contribution in [2.45, 2.75) is 71.1 Å². The molecule has 1 aromatic heterocycles. The number of nitrogens with one attached hydrogen (secondary N) is 1. The van der Waals surface area contributed by atoms with E-state index >= 15 is 0 Å². The summed E-state index contributed by atoms with van der Waals surface area (Å²) in [5, 5.41) is 3.16. The van der Waals surface area contributed by atoms with Gasteiger partial charge in [0.2, 0.25) is 15.9 Å². The number of rotatable bonds is 10. The minimum absolute atomic E-state index is 0.0585. The van der Waals surface area contributed by atoms with Crippen molar-refractivity contribution >= 4 is 32.7 Å². The quantitative estimate of drug-likeness (QED) is 0.404. The number of hydrogen-bond acceptors (Lipinski definition) is 4. The third-order valence-electron chi connectivity index (χ3n) is 6.50. The van der Waals surface area contributed by atoms with Crippen molar-refractivity contribution in [3.8, 4) is 0 Å². The van der Waals surface area contributed by atoms with E-state index in [1.165, 1.54) is 4.31 Å². The van der Waals surface area contributed by atoms with Crippen LogP contribution in [0.3, 0.4) is 0 Å². The van der Waals surface area contributed by atoms with E-state index in [9.17, 15) is 13.2 Å². The van der Waals surface area contributed by atoms with Gasteiger partial charge in [-0.15, -0.1) is 0 Å². The van der Waals surface area contributed by atoms with Crippen LogP contribution in [0.15, 0.2) is 41.3 Å². The van der Waals surface area contributed by atoms with Gasteiger partial charge >= 0.3 is 0 Å². The van der Waals surface area contributed by atoms with Crippen molar-refractivity contribution in [2.75, 3.05) is 18.4 Å². The van der Waals surface area contributed by atoms with Gasteiger partial charge in [-0.1, -0.05) is 59.7 Å². The van der Waals surface area contributed by atoms with Crippen molar-refractivity contribution in [3.05, 3.63) is 53.3 Å². The summed E-state index contributed by atoms with van der Waals surface area (Å²) in [6.07, 6.45) is 0.738. The Labute approximate surface area is 209 Å². The Morgan fingerprint density at radius 3 is 2.17 bits per heavy atom. The zero-order valence-electron chi connectivity index (χ0n) is 21.9. The van der Waals surface area contributed by atoms with Gasteiger partial charge in [0, 0.05) is 38.7 Å². The maximum atomic E-state index is 13.0. The largest absolute Gasteiger partial charge is 0.331 e. The van der Waals surface area contributed by atoms with E-state index in [0.717, 1.165) is 28.2 Å². The zero-order chi connectivity index (χ0) is 25.9. The second kappa shape index (κ2) is 10.9. The van der Waals surface area contributed by atoms with Crippen molar-refractivity contribution < 1.29 is 13.2 Å². The Morgan fingerprint density at radius 2 is 1.63 bits per heavy atom. The van der Waals surface area contributed by atoms with E-state index in [4.69, 9.17) is 0 Å². The lowest BCUT2D eigenvalue weighted by Gasteiger charge is -2.20. The fourth-order valence-corrected chi connectivity index (χ4v) is 5.93. The lowest BCUT2D eigenvalue weighted by Crippen LogP contribution is -2.30. The summed E-state index contributed by atoms with van der Waals surface area (Å²) >= 11 is 0. The molecule has 0 unspecified atom stereocenters. The van der Waals surface area contributed by atoms with E-state index in [0.29, 0.717) is 36.9 Å². The highest BCUT2D eigenvalue weighted by molar-refractivity contribution is 7.89. The fourth-order valence-electron chi connectivity index (χ4n) is 4.45. The molecule has 0 saturated carbocycles. The molecule has 0 fully saturated rings. The number of amides is 1. The van der Waals surface area contributed by atoms with Crippen LogP contribution in [0, 0.1) is 0 Å². The molecule has 190 valence electrons. The molecule has 3 aromatic rings. The number of carbonyl (C=O) groups excluding carboxylic acids is 1. The average molecular weight is 499 g/mol. The van der Waals surface area contributed by atoms with E-state index in [1.54, 1.807) is 18.2 Å². The number of fused-ring (bicyclic) bond motifs is 1. The molecule has 0 atom stereocenters. The van der Waals surface area contributed by atoms with Crippen LogP contribution in [0.2, 0.25) is 0 Å². The number of sulfonamides is 1. The number of anilines is 1. The molecule has 0 bridgehead atoms. The highest BCUT2D eigenvalue weighted by atomic mass is 32.2. The van der Waals surface area contributed by atoms with Crippen LogP contribution in [-0.2, 0) is 28.3 Å². The number of carbonyl (C=O) groups is 1. The normalized spacial score (nSPS) is 12.3. The van der Waals surface area contributed by atoms with Gasteiger partial charge in [-0.3, -0.25) is 4.79 Å². The van der Waals surface area contributed by atoms with Gasteiger partial charge in [-0.25, -0.2) is 13.4 Å². The van der Waals surface area contributed by atoms with Crippen LogP contribution in [0.4, 0.5) is 5.69 Å². The number of imidazole rings is 1. The number of aryl methyl sites for hydroxylation is 2. The summed E-state index contributed by atoms with van der Waals surface area (Å²) in [4.78, 5) is 17.9. The minimum Gasteiger partial charge on any atom is -0.331 e. The Balaban J connectivity index is 1.82. The predicted molar refractivity (Wildman–Crippen MR) is 142 cm³/mol. The van der Waals surface area contributed by atoms with Gasteiger partial charge in [0.05, 0.1) is 15.9 Å². The third-order valence-corrected chi connectivity index (χ3v) is 8.55. The molecule has 2 aromatic carbocycles. The molecule has 0 spiro atoms. The van der Waals surface area contributed by atoms with Gasteiger partial charge in [0.25, 0.3) is 0 Å². The summed E-state index contributed by atoms with van der Waals surface area (Å²) in [6.45, 7) is 13.0. The summed E-state index contributed by atoms with van der Waals surface area (Å²) in [6, 6.07) is 11.2. The first-order valence-corrected chi connectivity index (χ1v) is 13.8. The number of aromatic nitrogens is 2. The van der Waals surface area contributed by atoms with Gasteiger partial charge < -0.3 is 9.88 Å². The first kappa shape index (κ1) is 26.9. The molecule has 1 N–H and O–H groups in total. The molecule has 0 aliphatic carbocycles. The lowest BCUT2D eigenvalue weighted by atomic mass is 9.92. The van der Waals surface area contributed by atoms with E-state index in [-0.39, 0.29) is 17.2 Å². The Hall–Kier alpha value is -2.71. The topological polar surface area (TPSA) is 84.3 Å². The molecular formula is C27H38N4O3S. The average Bonchev–Trinajstić information content (AvgIpc) is 3.13. The molecule has 1 amide bonds. The number of benzene rings is 2. The second-order valence-electron chi connectivity index (χ2n) is 9.50. The highest BCUT2D eigenvalue weighted by Crippen LogP contribution is 2.32. The Bertz CT molecular complexity index is 1280. The van der Waals surface area contributed by atoms with Crippen molar-refractivity contribution in [3.63, 3.8) is 0 Å². The first-order valence-electron chi connectivity index (χ1n) is 12.4. The summed E-state index contributed by atoms with van der Waals surface area (Å²) < 4.78 is 29.2. The smallest absolute Gasteiger partial charge is 0.243 e. The van der Waals surface area contributed by atoms with Crippen LogP contribution in [0.5, 0.6) is 0 Å². The van der Waals surface area contributed by atoms with E-state index in [1.807, 2.05) is 25.5 Å². The third kappa shape index (κ3) is 5.59. The summed E-state index contributed by atoms with van der Waals surface area (Å²) in [5.74, 6) is 1.28. The van der Waals surface area contributed by atoms with Gasteiger partial charge in [-0.2, -0.15) is 4.31 Å². The van der Waals surface area contributed by atoms with Crippen molar-refractivity contribution in [2.24, 2.45) is 7.05 Å². The van der Waals surface area contributed by atoms with Crippen LogP contribution in [0.1, 0.15) is 76.8 Å². The number of para-hydroxylation sites is 1. The lowest BCUT2D eigenvalue weighted by molar-refractivity contribution is -0.116. The maximum Gasteiger partial charge on any atom is 0.243 e. The van der Waals surface area contributed by atoms with Gasteiger partial charge in [0.15, 0.2) is 0 Å². The molecule has 0 aliphatic heterocycles. The monoisotopic (exact) mass is 498 g/mol. The van der Waals surface area contributed by atoms with Gasteiger partial charge in [-0.05, 0) is 41.2 Å². The standard InChI is InChI=1S/C27H38N4O3S/c1-8-31(9-2)35(33,34)20-13-14-24-23(17-20)28-25(30(24)7)15-16-26(32)29-27-21(18(3)4)11-10-12-22(27)19(5)6/h10-14,17-19H,8-9,15-16H2,1-7H3,(H,29,32). The predicted octanol–water partition coefficient (Wildman–Crippen LogP) is 5.42.